The van der Waals surface area contributed by atoms with Gasteiger partial charge < -0.3 is 15.2 Å². The molecule has 1 heterocycles. The van der Waals surface area contributed by atoms with Gasteiger partial charge in [-0.25, -0.2) is 0 Å². The maximum atomic E-state index is 13.8. The molecule has 5 heteroatoms. The van der Waals surface area contributed by atoms with Crippen LogP contribution in [0.4, 0.5) is 4.39 Å². The van der Waals surface area contributed by atoms with Crippen molar-refractivity contribution in [3.05, 3.63) is 21.9 Å². The minimum absolute atomic E-state index is 0.0469. The molecule has 0 spiro atoms. The van der Waals surface area contributed by atoms with Crippen LogP contribution < -0.4 is 10.1 Å². The molecule has 1 atom stereocenters. The molecule has 0 saturated carbocycles. The fourth-order valence-electron chi connectivity index (χ4n) is 2.18. The Morgan fingerprint density at radius 1 is 1.65 bits per heavy atom. The van der Waals surface area contributed by atoms with Crippen molar-refractivity contribution in [2.45, 2.75) is 25.3 Å². The van der Waals surface area contributed by atoms with Crippen LogP contribution in [0.3, 0.4) is 0 Å². The van der Waals surface area contributed by atoms with Crippen LogP contribution in [-0.2, 0) is 6.42 Å². The summed E-state index contributed by atoms with van der Waals surface area (Å²) in [6, 6.07) is 2.04. The zero-order valence-electron chi connectivity index (χ0n) is 9.59. The number of aromatic hydroxyl groups is 1. The number of halogens is 2. The van der Waals surface area contributed by atoms with E-state index in [4.69, 9.17) is 4.74 Å². The zero-order chi connectivity index (χ0) is 12.4. The van der Waals surface area contributed by atoms with E-state index in [0.717, 1.165) is 19.4 Å². The van der Waals surface area contributed by atoms with Gasteiger partial charge in [-0.15, -0.1) is 0 Å². The van der Waals surface area contributed by atoms with Crippen molar-refractivity contribution in [2.24, 2.45) is 0 Å². The number of hydrogen-bond acceptors (Lipinski definition) is 3. The van der Waals surface area contributed by atoms with Crippen LogP contribution in [0.1, 0.15) is 18.4 Å². The predicted octanol–water partition coefficient (Wildman–Crippen LogP) is 2.60. The number of benzene rings is 1. The summed E-state index contributed by atoms with van der Waals surface area (Å²) in [5.74, 6) is -0.959. The topological polar surface area (TPSA) is 41.5 Å². The molecule has 0 radical (unpaired) electrons. The van der Waals surface area contributed by atoms with E-state index in [1.807, 2.05) is 0 Å². The van der Waals surface area contributed by atoms with Crippen LogP contribution in [0.15, 0.2) is 10.5 Å². The number of rotatable bonds is 3. The Bertz CT molecular complexity index is 419. The minimum Gasteiger partial charge on any atom is -0.505 e. The second-order valence-electron chi connectivity index (χ2n) is 4.21. The second kappa shape index (κ2) is 5.23. The summed E-state index contributed by atoms with van der Waals surface area (Å²) in [6.45, 7) is 0.991. The van der Waals surface area contributed by atoms with Gasteiger partial charge >= 0.3 is 0 Å². The molecule has 0 amide bonds. The number of ether oxygens (including phenoxy) is 1. The van der Waals surface area contributed by atoms with E-state index in [-0.39, 0.29) is 11.5 Å². The highest BCUT2D eigenvalue weighted by molar-refractivity contribution is 9.10. The van der Waals surface area contributed by atoms with Crippen molar-refractivity contribution in [1.29, 1.82) is 0 Å². The Balaban J connectivity index is 2.28. The summed E-state index contributed by atoms with van der Waals surface area (Å²) in [4.78, 5) is 0. The predicted molar refractivity (Wildman–Crippen MR) is 67.0 cm³/mol. The fraction of sp³-hybridized carbons (Fsp3) is 0.500. The summed E-state index contributed by atoms with van der Waals surface area (Å²) in [7, 11) is 1.38. The lowest BCUT2D eigenvalue weighted by atomic mass is 10.0. The van der Waals surface area contributed by atoms with Gasteiger partial charge in [-0.05, 0) is 53.4 Å². The SMILES string of the molecule is COc1c(Br)cc(CC2CCCN2)c(O)c1F. The van der Waals surface area contributed by atoms with Crippen molar-refractivity contribution in [2.75, 3.05) is 13.7 Å². The average Bonchev–Trinajstić information content (AvgIpc) is 2.79. The quantitative estimate of drug-likeness (QED) is 0.902. The summed E-state index contributed by atoms with van der Waals surface area (Å²) >= 11 is 3.25. The monoisotopic (exact) mass is 303 g/mol. The molecule has 1 aromatic carbocycles. The van der Waals surface area contributed by atoms with Crippen LogP contribution >= 0.6 is 15.9 Å². The van der Waals surface area contributed by atoms with Gasteiger partial charge in [0.05, 0.1) is 11.6 Å². The number of phenolic OH excluding ortho intramolecular Hbond substituents is 1. The molecule has 2 N–H and O–H groups in total. The van der Waals surface area contributed by atoms with Crippen molar-refractivity contribution < 1.29 is 14.2 Å². The van der Waals surface area contributed by atoms with Gasteiger partial charge in [-0.1, -0.05) is 0 Å². The van der Waals surface area contributed by atoms with Crippen molar-refractivity contribution >= 4 is 15.9 Å². The van der Waals surface area contributed by atoms with Crippen LogP contribution in [0.2, 0.25) is 0 Å². The molecule has 1 aliphatic rings. The molecule has 0 bridgehead atoms. The average molecular weight is 304 g/mol. The molecule has 1 fully saturated rings. The van der Waals surface area contributed by atoms with Gasteiger partial charge in [-0.2, -0.15) is 4.39 Å². The zero-order valence-corrected chi connectivity index (χ0v) is 11.2. The maximum absolute atomic E-state index is 13.8. The summed E-state index contributed by atoms with van der Waals surface area (Å²) < 4.78 is 19.2. The summed E-state index contributed by atoms with van der Waals surface area (Å²) in [6.07, 6.45) is 2.82. The number of hydrogen-bond donors (Lipinski definition) is 2. The normalized spacial score (nSPS) is 19.6. The number of methoxy groups -OCH3 is 1. The van der Waals surface area contributed by atoms with E-state index in [1.165, 1.54) is 7.11 Å². The lowest BCUT2D eigenvalue weighted by molar-refractivity contribution is 0.358. The van der Waals surface area contributed by atoms with Gasteiger partial charge in [-0.3, -0.25) is 0 Å². The Morgan fingerprint density at radius 2 is 2.41 bits per heavy atom. The lowest BCUT2D eigenvalue weighted by Gasteiger charge is -2.14. The standard InChI is InChI=1S/C12H15BrFNO2/c1-17-12-9(13)6-7(11(16)10(12)14)5-8-3-2-4-15-8/h6,8,15-16H,2-5H2,1H3. The number of phenols is 1. The van der Waals surface area contributed by atoms with E-state index < -0.39 is 5.82 Å². The molecule has 3 nitrogen and oxygen atoms in total. The number of nitrogens with one attached hydrogen (secondary N) is 1. The first-order chi connectivity index (χ1) is 8.13. The largest absolute Gasteiger partial charge is 0.505 e. The Labute approximate surface area is 108 Å². The van der Waals surface area contributed by atoms with Gasteiger partial charge in [0.15, 0.2) is 11.5 Å². The highest BCUT2D eigenvalue weighted by atomic mass is 79.9. The maximum Gasteiger partial charge on any atom is 0.208 e. The lowest BCUT2D eigenvalue weighted by Crippen LogP contribution is -2.23. The molecular weight excluding hydrogens is 289 g/mol. The first-order valence-electron chi connectivity index (χ1n) is 5.60. The van der Waals surface area contributed by atoms with Gasteiger partial charge in [0, 0.05) is 6.04 Å². The molecule has 0 aliphatic carbocycles. The van der Waals surface area contributed by atoms with Crippen LogP contribution in [-0.4, -0.2) is 24.8 Å². The van der Waals surface area contributed by atoms with Crippen molar-refractivity contribution in [3.8, 4) is 11.5 Å². The van der Waals surface area contributed by atoms with Crippen molar-refractivity contribution in [3.63, 3.8) is 0 Å². The molecule has 1 saturated heterocycles. The molecule has 2 rings (SSSR count). The van der Waals surface area contributed by atoms with E-state index in [9.17, 15) is 9.50 Å². The van der Waals surface area contributed by atoms with E-state index >= 15 is 0 Å². The molecule has 1 aromatic rings. The highest BCUT2D eigenvalue weighted by Gasteiger charge is 2.21. The first kappa shape index (κ1) is 12.6. The Hall–Kier alpha value is -0.810. The third kappa shape index (κ3) is 2.55. The molecule has 94 valence electrons. The van der Waals surface area contributed by atoms with Gasteiger partial charge in [0.1, 0.15) is 0 Å². The van der Waals surface area contributed by atoms with E-state index in [1.54, 1.807) is 6.07 Å². The highest BCUT2D eigenvalue weighted by Crippen LogP contribution is 2.37. The molecular formula is C12H15BrFNO2. The molecule has 1 unspecified atom stereocenters. The fourth-order valence-corrected chi connectivity index (χ4v) is 2.79. The van der Waals surface area contributed by atoms with Crippen molar-refractivity contribution in [1.82, 2.24) is 5.32 Å². The van der Waals surface area contributed by atoms with Gasteiger partial charge in [0.2, 0.25) is 5.82 Å². The molecule has 0 aromatic heterocycles. The van der Waals surface area contributed by atoms with Gasteiger partial charge in [0.25, 0.3) is 0 Å². The van der Waals surface area contributed by atoms with Crippen LogP contribution in [0, 0.1) is 5.82 Å². The van der Waals surface area contributed by atoms with Crippen LogP contribution in [0.25, 0.3) is 0 Å². The molecule has 17 heavy (non-hydrogen) atoms. The Morgan fingerprint density at radius 3 is 3.00 bits per heavy atom. The van der Waals surface area contributed by atoms with E-state index in [2.05, 4.69) is 21.2 Å². The first-order valence-corrected chi connectivity index (χ1v) is 6.40. The van der Waals surface area contributed by atoms with E-state index in [0.29, 0.717) is 22.5 Å². The third-order valence-corrected chi connectivity index (χ3v) is 3.65. The molecule has 1 aliphatic heterocycles. The Kier molecular flexibility index (Phi) is 3.89. The minimum atomic E-state index is -0.699. The summed E-state index contributed by atoms with van der Waals surface area (Å²) in [5, 5.41) is 13.1. The third-order valence-electron chi connectivity index (χ3n) is 3.06. The smallest absolute Gasteiger partial charge is 0.208 e. The summed E-state index contributed by atoms with van der Waals surface area (Å²) in [5.41, 5.74) is 0.606. The second-order valence-corrected chi connectivity index (χ2v) is 5.07. The van der Waals surface area contributed by atoms with Crippen LogP contribution in [0.5, 0.6) is 11.5 Å².